The van der Waals surface area contributed by atoms with Crippen LogP contribution in [0.4, 0.5) is 0 Å². The van der Waals surface area contributed by atoms with Gasteiger partial charge in [0.2, 0.25) is 5.91 Å². The molecule has 0 saturated carbocycles. The highest BCUT2D eigenvalue weighted by Gasteiger charge is 1.99. The second kappa shape index (κ2) is 7.46. The minimum atomic E-state index is -0.0770. The SMILES string of the molecule is C=CCc1ccccc1/C=C/C(=O)NCc1cccs1. The lowest BCUT2D eigenvalue weighted by Crippen LogP contribution is -2.19. The van der Waals surface area contributed by atoms with Crippen molar-refractivity contribution in [2.24, 2.45) is 0 Å². The first kappa shape index (κ1) is 14.3. The zero-order valence-corrected chi connectivity index (χ0v) is 12.0. The van der Waals surface area contributed by atoms with Gasteiger partial charge in [-0.05, 0) is 35.1 Å². The number of hydrogen-bond donors (Lipinski definition) is 1. The molecule has 1 amide bonds. The fourth-order valence-corrected chi connectivity index (χ4v) is 2.49. The summed E-state index contributed by atoms with van der Waals surface area (Å²) in [6.45, 7) is 4.33. The average Bonchev–Trinajstić information content (AvgIpc) is 2.98. The normalized spacial score (nSPS) is 10.6. The number of allylic oxidation sites excluding steroid dienone is 1. The second-order valence-corrected chi connectivity index (χ2v) is 5.35. The Morgan fingerprint density at radius 1 is 1.25 bits per heavy atom. The third kappa shape index (κ3) is 4.21. The van der Waals surface area contributed by atoms with Gasteiger partial charge in [-0.15, -0.1) is 17.9 Å². The molecule has 0 spiro atoms. The molecular weight excluding hydrogens is 266 g/mol. The van der Waals surface area contributed by atoms with E-state index in [9.17, 15) is 4.79 Å². The van der Waals surface area contributed by atoms with E-state index in [4.69, 9.17) is 0 Å². The van der Waals surface area contributed by atoms with Gasteiger partial charge in [0.15, 0.2) is 0 Å². The lowest BCUT2D eigenvalue weighted by Gasteiger charge is -2.03. The molecule has 102 valence electrons. The summed E-state index contributed by atoms with van der Waals surface area (Å²) in [7, 11) is 0. The van der Waals surface area contributed by atoms with Crippen LogP contribution < -0.4 is 5.32 Å². The predicted molar refractivity (Wildman–Crippen MR) is 85.5 cm³/mol. The van der Waals surface area contributed by atoms with Gasteiger partial charge in [-0.3, -0.25) is 4.79 Å². The summed E-state index contributed by atoms with van der Waals surface area (Å²) in [6, 6.07) is 12.0. The van der Waals surface area contributed by atoms with Gasteiger partial charge in [0.05, 0.1) is 6.54 Å². The molecule has 0 saturated heterocycles. The van der Waals surface area contributed by atoms with E-state index in [0.29, 0.717) is 6.54 Å². The van der Waals surface area contributed by atoms with E-state index in [-0.39, 0.29) is 5.91 Å². The zero-order valence-electron chi connectivity index (χ0n) is 11.2. The maximum absolute atomic E-state index is 11.8. The lowest BCUT2D eigenvalue weighted by molar-refractivity contribution is -0.116. The van der Waals surface area contributed by atoms with Crippen molar-refractivity contribution in [2.45, 2.75) is 13.0 Å². The Bertz CT molecular complexity index is 599. The molecular formula is C17H17NOS. The summed E-state index contributed by atoms with van der Waals surface area (Å²) in [5, 5.41) is 4.87. The third-order valence-electron chi connectivity index (χ3n) is 2.85. The van der Waals surface area contributed by atoms with Crippen LogP contribution in [0.3, 0.4) is 0 Å². The second-order valence-electron chi connectivity index (χ2n) is 4.32. The number of hydrogen-bond acceptors (Lipinski definition) is 2. The average molecular weight is 283 g/mol. The molecule has 0 unspecified atom stereocenters. The van der Waals surface area contributed by atoms with E-state index < -0.39 is 0 Å². The molecule has 1 N–H and O–H groups in total. The summed E-state index contributed by atoms with van der Waals surface area (Å²) < 4.78 is 0. The maximum Gasteiger partial charge on any atom is 0.244 e. The molecule has 0 radical (unpaired) electrons. The van der Waals surface area contributed by atoms with E-state index in [1.54, 1.807) is 17.4 Å². The number of carbonyl (C=O) groups is 1. The molecule has 1 heterocycles. The van der Waals surface area contributed by atoms with Crippen LogP contribution in [-0.2, 0) is 17.8 Å². The third-order valence-corrected chi connectivity index (χ3v) is 3.73. The molecule has 0 aliphatic heterocycles. The van der Waals surface area contributed by atoms with Crippen LogP contribution in [0.25, 0.3) is 6.08 Å². The van der Waals surface area contributed by atoms with Crippen molar-refractivity contribution in [1.29, 1.82) is 0 Å². The fourth-order valence-electron chi connectivity index (χ4n) is 1.85. The Labute approximate surface area is 123 Å². The minimum absolute atomic E-state index is 0.0770. The number of carbonyl (C=O) groups excluding carboxylic acids is 1. The Morgan fingerprint density at radius 2 is 2.10 bits per heavy atom. The van der Waals surface area contributed by atoms with Crippen LogP contribution in [0.1, 0.15) is 16.0 Å². The Balaban J connectivity index is 1.94. The standard InChI is InChI=1S/C17H17NOS/c1-2-6-14-7-3-4-8-15(14)10-11-17(19)18-13-16-9-5-12-20-16/h2-5,7-12H,1,6,13H2,(H,18,19)/b11-10+. The predicted octanol–water partition coefficient (Wildman–Crippen LogP) is 3.81. The van der Waals surface area contributed by atoms with Crippen LogP contribution in [-0.4, -0.2) is 5.91 Å². The molecule has 0 aliphatic rings. The molecule has 20 heavy (non-hydrogen) atoms. The lowest BCUT2D eigenvalue weighted by atomic mass is 10.0. The first-order valence-corrected chi connectivity index (χ1v) is 7.34. The highest BCUT2D eigenvalue weighted by Crippen LogP contribution is 2.12. The van der Waals surface area contributed by atoms with Crippen molar-refractivity contribution in [1.82, 2.24) is 5.32 Å². The molecule has 3 heteroatoms. The number of nitrogens with one attached hydrogen (secondary N) is 1. The monoisotopic (exact) mass is 283 g/mol. The summed E-state index contributed by atoms with van der Waals surface area (Å²) in [6.07, 6.45) is 6.10. The van der Waals surface area contributed by atoms with E-state index in [0.717, 1.165) is 16.9 Å². The van der Waals surface area contributed by atoms with Gasteiger partial charge in [0.25, 0.3) is 0 Å². The summed E-state index contributed by atoms with van der Waals surface area (Å²) in [4.78, 5) is 12.9. The quantitative estimate of drug-likeness (QED) is 0.634. The number of rotatable bonds is 6. The van der Waals surface area contributed by atoms with E-state index >= 15 is 0 Å². The van der Waals surface area contributed by atoms with Crippen molar-refractivity contribution in [3.05, 3.63) is 76.5 Å². The summed E-state index contributed by atoms with van der Waals surface area (Å²) in [5.74, 6) is -0.0770. The largest absolute Gasteiger partial charge is 0.348 e. The molecule has 0 fully saturated rings. The topological polar surface area (TPSA) is 29.1 Å². The molecule has 1 aromatic carbocycles. The van der Waals surface area contributed by atoms with Crippen LogP contribution >= 0.6 is 11.3 Å². The molecule has 1 aromatic heterocycles. The zero-order chi connectivity index (χ0) is 14.2. The first-order chi connectivity index (χ1) is 9.79. The smallest absolute Gasteiger partial charge is 0.244 e. The van der Waals surface area contributed by atoms with Crippen LogP contribution in [0.5, 0.6) is 0 Å². The van der Waals surface area contributed by atoms with Crippen LogP contribution in [0, 0.1) is 0 Å². The van der Waals surface area contributed by atoms with Crippen molar-refractivity contribution in [2.75, 3.05) is 0 Å². The van der Waals surface area contributed by atoms with Crippen molar-refractivity contribution in [3.63, 3.8) is 0 Å². The molecule has 0 atom stereocenters. The van der Waals surface area contributed by atoms with E-state index in [1.165, 1.54) is 5.56 Å². The van der Waals surface area contributed by atoms with Gasteiger partial charge in [0.1, 0.15) is 0 Å². The van der Waals surface area contributed by atoms with Gasteiger partial charge in [0, 0.05) is 11.0 Å². The molecule has 2 aromatic rings. The van der Waals surface area contributed by atoms with Gasteiger partial charge >= 0.3 is 0 Å². The van der Waals surface area contributed by atoms with E-state index in [1.807, 2.05) is 53.9 Å². The number of amides is 1. The van der Waals surface area contributed by atoms with Crippen LogP contribution in [0.2, 0.25) is 0 Å². The maximum atomic E-state index is 11.8. The summed E-state index contributed by atoms with van der Waals surface area (Å²) >= 11 is 1.64. The Morgan fingerprint density at radius 3 is 2.85 bits per heavy atom. The Hall–Kier alpha value is -2.13. The molecule has 0 aliphatic carbocycles. The van der Waals surface area contributed by atoms with E-state index in [2.05, 4.69) is 11.9 Å². The number of benzene rings is 1. The van der Waals surface area contributed by atoms with Crippen LogP contribution in [0.15, 0.2) is 60.5 Å². The molecule has 2 nitrogen and oxygen atoms in total. The first-order valence-electron chi connectivity index (χ1n) is 6.46. The Kier molecular flexibility index (Phi) is 5.33. The van der Waals surface area contributed by atoms with Gasteiger partial charge in [-0.2, -0.15) is 0 Å². The van der Waals surface area contributed by atoms with Gasteiger partial charge in [-0.1, -0.05) is 36.4 Å². The highest BCUT2D eigenvalue weighted by molar-refractivity contribution is 7.09. The van der Waals surface area contributed by atoms with Gasteiger partial charge < -0.3 is 5.32 Å². The summed E-state index contributed by atoms with van der Waals surface area (Å²) in [5.41, 5.74) is 2.23. The molecule has 0 bridgehead atoms. The highest BCUT2D eigenvalue weighted by atomic mass is 32.1. The minimum Gasteiger partial charge on any atom is -0.348 e. The fraction of sp³-hybridized carbons (Fsp3) is 0.118. The van der Waals surface area contributed by atoms with Gasteiger partial charge in [-0.25, -0.2) is 0 Å². The van der Waals surface area contributed by atoms with Crippen molar-refractivity contribution >= 4 is 23.3 Å². The molecule has 2 rings (SSSR count). The van der Waals surface area contributed by atoms with Crippen molar-refractivity contribution in [3.8, 4) is 0 Å². The van der Waals surface area contributed by atoms with Crippen molar-refractivity contribution < 1.29 is 4.79 Å². The number of thiophene rings is 1.